The number of ether oxygens (including phenoxy) is 2. The lowest BCUT2D eigenvalue weighted by atomic mass is 9.47. The summed E-state index contributed by atoms with van der Waals surface area (Å²) < 4.78 is 25.8. The third-order valence-corrected chi connectivity index (χ3v) is 10.5. The van der Waals surface area contributed by atoms with Crippen molar-refractivity contribution in [1.82, 2.24) is 10.6 Å². The number of carboxylic acid groups (broad SMARTS) is 1. The van der Waals surface area contributed by atoms with Gasteiger partial charge in [-0.1, -0.05) is 0 Å². The number of hydrogen-bond acceptors (Lipinski definition) is 7. The molecule has 6 saturated carbocycles. The molecule has 40 heavy (non-hydrogen) atoms. The lowest BCUT2D eigenvalue weighted by Crippen LogP contribution is -2.77. The van der Waals surface area contributed by atoms with Crippen LogP contribution in [0.2, 0.25) is 0 Å². The predicted octanol–water partition coefficient (Wildman–Crippen LogP) is 3.74. The number of carbonyl (C=O) groups excluding carboxylic acids is 1. The first-order chi connectivity index (χ1) is 19.0. The van der Waals surface area contributed by atoms with E-state index in [-0.39, 0.29) is 46.9 Å². The number of fused-ring (bicyclic) bond motifs is 2. The van der Waals surface area contributed by atoms with E-state index in [9.17, 15) is 29.5 Å². The first-order valence-electron chi connectivity index (χ1n) is 14.4. The number of nitriles is 1. The Morgan fingerprint density at radius 2 is 1.80 bits per heavy atom. The quantitative estimate of drug-likeness (QED) is 0.338. The van der Waals surface area contributed by atoms with Gasteiger partial charge in [0.1, 0.15) is 29.5 Å². The van der Waals surface area contributed by atoms with E-state index in [0.717, 1.165) is 19.3 Å². The summed E-state index contributed by atoms with van der Waals surface area (Å²) in [6.07, 6.45) is 4.68. The highest BCUT2D eigenvalue weighted by Gasteiger charge is 2.70. The topological polar surface area (TPSA) is 141 Å². The van der Waals surface area contributed by atoms with Gasteiger partial charge >= 0.3 is 5.97 Å². The minimum Gasteiger partial charge on any atom is -0.496 e. The van der Waals surface area contributed by atoms with E-state index in [2.05, 4.69) is 16.7 Å². The van der Waals surface area contributed by atoms with Crippen molar-refractivity contribution in [3.8, 4) is 17.6 Å². The van der Waals surface area contributed by atoms with Gasteiger partial charge in [-0.3, -0.25) is 14.9 Å². The molecule has 10 heteroatoms. The van der Waals surface area contributed by atoms with Gasteiger partial charge < -0.3 is 25.0 Å². The molecule has 1 aromatic carbocycles. The van der Waals surface area contributed by atoms with Crippen LogP contribution in [0.15, 0.2) is 12.1 Å². The van der Waals surface area contributed by atoms with E-state index in [0.29, 0.717) is 62.0 Å². The van der Waals surface area contributed by atoms with Gasteiger partial charge in [-0.15, -0.1) is 0 Å². The fraction of sp³-hybridized carbons (Fsp3) is 0.700. The van der Waals surface area contributed by atoms with Crippen molar-refractivity contribution >= 4 is 11.9 Å². The molecule has 4 N–H and O–H groups in total. The lowest BCUT2D eigenvalue weighted by Gasteiger charge is -2.66. The van der Waals surface area contributed by atoms with Crippen LogP contribution in [-0.4, -0.2) is 52.6 Å². The number of halogens is 1. The van der Waals surface area contributed by atoms with Crippen LogP contribution in [0, 0.1) is 34.5 Å². The van der Waals surface area contributed by atoms with Gasteiger partial charge in [0.05, 0.1) is 30.1 Å². The van der Waals surface area contributed by atoms with Crippen molar-refractivity contribution in [2.45, 2.75) is 101 Å². The fourth-order valence-electron chi connectivity index (χ4n) is 8.21. The van der Waals surface area contributed by atoms with E-state index in [4.69, 9.17) is 9.47 Å². The van der Waals surface area contributed by atoms with Crippen molar-refractivity contribution in [2.24, 2.45) is 23.2 Å². The molecule has 0 radical (unpaired) electrons. The average molecular weight is 556 g/mol. The molecule has 0 saturated heterocycles. The monoisotopic (exact) mass is 555 g/mol. The van der Waals surface area contributed by atoms with Gasteiger partial charge in [0.2, 0.25) is 5.91 Å². The zero-order chi connectivity index (χ0) is 28.4. The summed E-state index contributed by atoms with van der Waals surface area (Å²) >= 11 is 0. The van der Waals surface area contributed by atoms with Crippen LogP contribution < -0.4 is 20.1 Å². The maximum absolute atomic E-state index is 14.0. The maximum atomic E-state index is 14.0. The van der Waals surface area contributed by atoms with Crippen LogP contribution in [0.25, 0.3) is 0 Å². The summed E-state index contributed by atoms with van der Waals surface area (Å²) in [5, 5.41) is 37.2. The molecule has 1 aromatic rings. The van der Waals surface area contributed by atoms with E-state index in [1.165, 1.54) is 7.11 Å². The molecule has 1 amide bonds. The number of amides is 1. The summed E-state index contributed by atoms with van der Waals surface area (Å²) in [7, 11) is 1.47. The zero-order valence-corrected chi connectivity index (χ0v) is 23.0. The predicted molar refractivity (Wildman–Crippen MR) is 141 cm³/mol. The Kier molecular flexibility index (Phi) is 6.54. The summed E-state index contributed by atoms with van der Waals surface area (Å²) in [6, 6.07) is 5.06. The number of hydrogen-bond donors (Lipinski definition) is 4. The van der Waals surface area contributed by atoms with Gasteiger partial charge in [0, 0.05) is 42.5 Å². The standard InChI is InChI=1S/C30H38FN3O6/c1-28(27(37)38)7-5-19(6-8-28)40-21-11-20(22(39-2)10-18(21)12-32)25(35)33-24-17-4-3-16(9-17)23(24)26(36)34-30-13-29(31,14-30)15-30/h10-11,16-17,19,23-25,33,35H,3-9,13-15H2,1-2H3,(H,34,36)(H,37,38)/t16-,17+,19-,23+,24-,25?,28+,29?,30?/m1/s1. The molecule has 6 fully saturated rings. The summed E-state index contributed by atoms with van der Waals surface area (Å²) in [5.74, 6) is -0.0455. The molecule has 0 aliphatic heterocycles. The summed E-state index contributed by atoms with van der Waals surface area (Å²) in [5.41, 5.74) is -1.59. The Hall–Kier alpha value is -2.90. The second-order valence-electron chi connectivity index (χ2n) is 13.3. The van der Waals surface area contributed by atoms with Gasteiger partial charge in [-0.2, -0.15) is 5.26 Å². The normalized spacial score (nSPS) is 39.8. The third-order valence-electron chi connectivity index (χ3n) is 10.5. The summed E-state index contributed by atoms with van der Waals surface area (Å²) in [4.78, 5) is 25.0. The molecule has 7 rings (SSSR count). The number of nitrogens with zero attached hydrogens (tertiary/aromatic N) is 1. The Balaban J connectivity index is 1.18. The number of methoxy groups -OCH3 is 1. The molecule has 0 aromatic heterocycles. The molecule has 1 unspecified atom stereocenters. The highest BCUT2D eigenvalue weighted by Crippen LogP contribution is 2.63. The Morgan fingerprint density at radius 1 is 1.12 bits per heavy atom. The van der Waals surface area contributed by atoms with Crippen molar-refractivity contribution in [3.05, 3.63) is 23.3 Å². The molecule has 216 valence electrons. The first kappa shape index (κ1) is 27.3. The average Bonchev–Trinajstić information content (AvgIpc) is 3.50. The number of aliphatic carboxylic acids is 1. The number of carboxylic acids is 1. The third kappa shape index (κ3) is 4.51. The van der Waals surface area contributed by atoms with E-state index < -0.39 is 23.3 Å². The number of nitrogens with one attached hydrogen (secondary N) is 2. The number of aliphatic hydroxyl groups excluding tert-OH is 1. The van der Waals surface area contributed by atoms with Crippen molar-refractivity contribution in [1.29, 1.82) is 5.26 Å². The van der Waals surface area contributed by atoms with Crippen molar-refractivity contribution in [3.63, 3.8) is 0 Å². The molecule has 9 nitrogen and oxygen atoms in total. The number of alkyl halides is 1. The SMILES string of the molecule is COc1cc(C#N)c(O[C@H]2CC[C@@](C)(C(=O)O)CC2)cc1C(O)N[C@@H]1[C@H]2CC[C@H](C2)[C@@H]1C(=O)NC12CC(F)(C1)C2. The van der Waals surface area contributed by atoms with E-state index in [1.807, 2.05) is 0 Å². The maximum Gasteiger partial charge on any atom is 0.309 e. The van der Waals surface area contributed by atoms with Gasteiger partial charge in [-0.05, 0) is 69.8 Å². The highest BCUT2D eigenvalue weighted by molar-refractivity contribution is 5.82. The van der Waals surface area contributed by atoms with Gasteiger partial charge in [0.15, 0.2) is 0 Å². The Morgan fingerprint density at radius 3 is 2.40 bits per heavy atom. The van der Waals surface area contributed by atoms with E-state index >= 15 is 0 Å². The van der Waals surface area contributed by atoms with Gasteiger partial charge in [-0.25, -0.2) is 4.39 Å². The minimum atomic E-state index is -1.17. The Labute approximate surface area is 233 Å². The Bertz CT molecular complexity index is 1230. The molecule has 0 heterocycles. The minimum absolute atomic E-state index is 0.0554. The molecule has 6 aliphatic rings. The van der Waals surface area contributed by atoms with Crippen LogP contribution in [0.5, 0.6) is 11.5 Å². The lowest BCUT2D eigenvalue weighted by molar-refractivity contribution is -0.177. The van der Waals surface area contributed by atoms with Crippen LogP contribution in [0.1, 0.15) is 88.5 Å². The largest absolute Gasteiger partial charge is 0.496 e. The van der Waals surface area contributed by atoms with Gasteiger partial charge in [0.25, 0.3) is 0 Å². The molecule has 4 bridgehead atoms. The molecule has 5 atom stereocenters. The highest BCUT2D eigenvalue weighted by atomic mass is 19.1. The van der Waals surface area contributed by atoms with E-state index in [1.54, 1.807) is 19.1 Å². The number of carbonyl (C=O) groups is 2. The zero-order valence-electron chi connectivity index (χ0n) is 23.0. The van der Waals surface area contributed by atoms with Crippen molar-refractivity contribution < 1.29 is 33.7 Å². The molecule has 0 spiro atoms. The van der Waals surface area contributed by atoms with Crippen LogP contribution >= 0.6 is 0 Å². The molecular formula is C30H38FN3O6. The second-order valence-corrected chi connectivity index (χ2v) is 13.3. The number of benzene rings is 1. The van der Waals surface area contributed by atoms with Crippen LogP contribution in [0.4, 0.5) is 4.39 Å². The molecule has 6 aliphatic carbocycles. The van der Waals surface area contributed by atoms with Crippen molar-refractivity contribution in [2.75, 3.05) is 7.11 Å². The smallest absolute Gasteiger partial charge is 0.309 e. The number of rotatable bonds is 9. The van der Waals surface area contributed by atoms with Crippen LogP contribution in [0.3, 0.4) is 0 Å². The fourth-order valence-corrected chi connectivity index (χ4v) is 8.21. The molecular weight excluding hydrogens is 517 g/mol. The number of aliphatic hydroxyl groups is 1. The first-order valence-corrected chi connectivity index (χ1v) is 14.4. The summed E-state index contributed by atoms with van der Waals surface area (Å²) in [6.45, 7) is 1.75. The van der Waals surface area contributed by atoms with Crippen LogP contribution in [-0.2, 0) is 9.59 Å². The second kappa shape index (κ2) is 9.59.